The Bertz CT molecular complexity index is 843. The second kappa shape index (κ2) is 7.84. The highest BCUT2D eigenvalue weighted by atomic mass is 32.2. The predicted octanol–water partition coefficient (Wildman–Crippen LogP) is 4.39. The maximum Gasteiger partial charge on any atom is 0.430 e. The number of halogens is 3. The fourth-order valence-corrected chi connectivity index (χ4v) is 2.47. The Hall–Kier alpha value is -2.45. The normalized spacial score (nSPS) is 13.4. The number of anilines is 1. The molecule has 0 aliphatic carbocycles. The second-order valence-corrected chi connectivity index (χ2v) is 6.67. The van der Waals surface area contributed by atoms with Crippen LogP contribution in [0.3, 0.4) is 0 Å². The summed E-state index contributed by atoms with van der Waals surface area (Å²) in [5.74, 6) is 0. The van der Waals surface area contributed by atoms with Crippen LogP contribution in [0.5, 0.6) is 0 Å². The summed E-state index contributed by atoms with van der Waals surface area (Å²) in [5.41, 5.74) is 1.24. The molecule has 1 unspecified atom stereocenters. The van der Waals surface area contributed by atoms with Crippen LogP contribution in [0.1, 0.15) is 18.1 Å². The van der Waals surface area contributed by atoms with Gasteiger partial charge in [0.15, 0.2) is 0 Å². The van der Waals surface area contributed by atoms with Gasteiger partial charge in [-0.1, -0.05) is 36.4 Å². The Morgan fingerprint density at radius 2 is 1.65 bits per heavy atom. The molecule has 0 saturated heterocycles. The van der Waals surface area contributed by atoms with Crippen molar-refractivity contribution in [3.05, 3.63) is 66.2 Å². The first-order chi connectivity index (χ1) is 12.1. The monoisotopic (exact) mass is 381 g/mol. The van der Waals surface area contributed by atoms with Crippen LogP contribution in [0.25, 0.3) is 5.70 Å². The molecule has 0 saturated carbocycles. The van der Waals surface area contributed by atoms with Crippen molar-refractivity contribution in [2.24, 2.45) is 10.2 Å². The Balaban J connectivity index is 2.49. The average Bonchev–Trinajstić information content (AvgIpc) is 2.58. The van der Waals surface area contributed by atoms with E-state index in [9.17, 15) is 17.4 Å². The van der Waals surface area contributed by atoms with Crippen LogP contribution in [0.2, 0.25) is 0 Å². The van der Waals surface area contributed by atoms with E-state index in [0.717, 1.165) is 17.5 Å². The number of aryl methyl sites for hydroxylation is 1. The molecule has 0 aromatic heterocycles. The van der Waals surface area contributed by atoms with Crippen molar-refractivity contribution in [2.75, 3.05) is 5.01 Å². The fourth-order valence-electron chi connectivity index (χ4n) is 2.07. The molecule has 2 rings (SSSR count). The number of hydrogen-bond acceptors (Lipinski definition) is 3. The van der Waals surface area contributed by atoms with Crippen molar-refractivity contribution >= 4 is 28.1 Å². The summed E-state index contributed by atoms with van der Waals surface area (Å²) in [4.78, 5) is 0.353. The number of nitrogens with two attached hydrogens (primary N) is 1. The standard InChI is InChI=1S/C18H18F3N3OS/c1-12-4-6-15(7-5-12)13(2)24(23-14(3)18(19,20)21)16-8-10-17(11-9-16)26(22)25/h4-11H,2,22H2,1,3H3/b23-14+. The van der Waals surface area contributed by atoms with Crippen molar-refractivity contribution in [1.29, 1.82) is 0 Å². The van der Waals surface area contributed by atoms with Crippen molar-refractivity contribution < 1.29 is 17.4 Å². The van der Waals surface area contributed by atoms with Gasteiger partial charge in [0.25, 0.3) is 0 Å². The van der Waals surface area contributed by atoms with Crippen molar-refractivity contribution in [3.63, 3.8) is 0 Å². The third-order valence-electron chi connectivity index (χ3n) is 3.61. The summed E-state index contributed by atoms with van der Waals surface area (Å²) in [7, 11) is -1.68. The van der Waals surface area contributed by atoms with Crippen LogP contribution < -0.4 is 10.1 Å². The summed E-state index contributed by atoms with van der Waals surface area (Å²) in [6, 6.07) is 13.1. The molecule has 4 nitrogen and oxygen atoms in total. The van der Waals surface area contributed by atoms with E-state index in [2.05, 4.69) is 11.7 Å². The quantitative estimate of drug-likeness (QED) is 0.617. The number of alkyl halides is 3. The first-order valence-corrected chi connectivity index (χ1v) is 8.75. The molecular weight excluding hydrogens is 363 g/mol. The van der Waals surface area contributed by atoms with Gasteiger partial charge in [0.2, 0.25) is 0 Å². The Morgan fingerprint density at radius 3 is 2.12 bits per heavy atom. The summed E-state index contributed by atoms with van der Waals surface area (Å²) in [5, 5.41) is 10.1. The predicted molar refractivity (Wildman–Crippen MR) is 98.9 cm³/mol. The van der Waals surface area contributed by atoms with Crippen LogP contribution in [0.15, 0.2) is 65.1 Å². The van der Waals surface area contributed by atoms with Crippen LogP contribution in [0, 0.1) is 6.92 Å². The minimum atomic E-state index is -4.56. The van der Waals surface area contributed by atoms with Gasteiger partial charge in [0, 0.05) is 0 Å². The Kier molecular flexibility index (Phi) is 5.99. The smallest absolute Gasteiger partial charge is 0.248 e. The Morgan fingerprint density at radius 1 is 1.12 bits per heavy atom. The third-order valence-corrected chi connectivity index (χ3v) is 4.35. The van der Waals surface area contributed by atoms with Gasteiger partial charge in [0.05, 0.1) is 16.3 Å². The highest BCUT2D eigenvalue weighted by Crippen LogP contribution is 2.28. The molecule has 0 aliphatic heterocycles. The topological polar surface area (TPSA) is 58.7 Å². The van der Waals surface area contributed by atoms with E-state index in [1.54, 1.807) is 12.1 Å². The van der Waals surface area contributed by atoms with Gasteiger partial charge in [-0.3, -0.25) is 0 Å². The zero-order valence-electron chi connectivity index (χ0n) is 14.2. The lowest BCUT2D eigenvalue weighted by molar-refractivity contribution is -0.0594. The zero-order valence-corrected chi connectivity index (χ0v) is 15.1. The van der Waals surface area contributed by atoms with Crippen molar-refractivity contribution in [1.82, 2.24) is 0 Å². The number of rotatable bonds is 5. The molecule has 0 spiro atoms. The minimum Gasteiger partial charge on any atom is -0.248 e. The highest BCUT2D eigenvalue weighted by molar-refractivity contribution is 7.82. The lowest BCUT2D eigenvalue weighted by atomic mass is 10.1. The van der Waals surface area contributed by atoms with E-state index in [0.29, 0.717) is 16.1 Å². The largest absolute Gasteiger partial charge is 0.430 e. The van der Waals surface area contributed by atoms with E-state index in [4.69, 9.17) is 5.14 Å². The van der Waals surface area contributed by atoms with Crippen LogP contribution in [0.4, 0.5) is 18.9 Å². The summed E-state index contributed by atoms with van der Waals surface area (Å²) in [6.45, 7) is 6.68. The highest BCUT2D eigenvalue weighted by Gasteiger charge is 2.33. The van der Waals surface area contributed by atoms with Gasteiger partial charge in [0.1, 0.15) is 16.7 Å². The van der Waals surface area contributed by atoms with Gasteiger partial charge in [-0.05, 0) is 43.7 Å². The molecule has 2 aromatic rings. The van der Waals surface area contributed by atoms with Gasteiger partial charge in [-0.25, -0.2) is 14.4 Å². The SMILES string of the molecule is C=C(c1ccc(C)cc1)N(/N=C(\C)C(F)(F)F)c1ccc(S(N)=O)cc1. The van der Waals surface area contributed by atoms with E-state index >= 15 is 0 Å². The van der Waals surface area contributed by atoms with E-state index in [-0.39, 0.29) is 5.70 Å². The minimum absolute atomic E-state index is 0.273. The number of nitrogens with zero attached hydrogens (tertiary/aromatic N) is 2. The van der Waals surface area contributed by atoms with Crippen LogP contribution in [-0.4, -0.2) is 16.1 Å². The molecular formula is C18H18F3N3OS. The number of hydrogen-bond donors (Lipinski definition) is 1. The molecule has 0 heterocycles. The third kappa shape index (κ3) is 4.80. The molecule has 1 atom stereocenters. The second-order valence-electron chi connectivity index (χ2n) is 5.60. The maximum atomic E-state index is 13.0. The lowest BCUT2D eigenvalue weighted by Crippen LogP contribution is -2.25. The molecule has 0 aliphatic rings. The summed E-state index contributed by atoms with van der Waals surface area (Å²) >= 11 is 0. The van der Waals surface area contributed by atoms with Crippen LogP contribution >= 0.6 is 0 Å². The van der Waals surface area contributed by atoms with E-state index in [1.807, 2.05) is 19.1 Å². The van der Waals surface area contributed by atoms with Crippen molar-refractivity contribution in [2.45, 2.75) is 24.9 Å². The summed E-state index contributed by atoms with van der Waals surface area (Å²) in [6.07, 6.45) is -4.56. The molecule has 2 aromatic carbocycles. The first kappa shape index (κ1) is 19.9. The van der Waals surface area contributed by atoms with E-state index in [1.165, 1.54) is 24.3 Å². The molecule has 8 heteroatoms. The maximum absolute atomic E-state index is 13.0. The lowest BCUT2D eigenvalue weighted by Gasteiger charge is -2.23. The molecule has 0 radical (unpaired) electrons. The molecule has 0 amide bonds. The van der Waals surface area contributed by atoms with Gasteiger partial charge >= 0.3 is 6.18 Å². The van der Waals surface area contributed by atoms with Gasteiger partial charge in [-0.15, -0.1) is 0 Å². The van der Waals surface area contributed by atoms with Gasteiger partial charge < -0.3 is 0 Å². The molecule has 26 heavy (non-hydrogen) atoms. The average molecular weight is 381 g/mol. The van der Waals surface area contributed by atoms with E-state index < -0.39 is 22.9 Å². The number of benzene rings is 2. The Labute approximate surface area is 152 Å². The van der Waals surface area contributed by atoms with Crippen molar-refractivity contribution in [3.8, 4) is 0 Å². The zero-order chi connectivity index (χ0) is 19.5. The number of hydrazone groups is 1. The first-order valence-electron chi connectivity index (χ1n) is 7.54. The van der Waals surface area contributed by atoms with Crippen LogP contribution in [-0.2, 0) is 11.0 Å². The van der Waals surface area contributed by atoms with Gasteiger partial charge in [-0.2, -0.15) is 18.3 Å². The fraction of sp³-hybridized carbons (Fsp3) is 0.167. The molecule has 2 N–H and O–H groups in total. The molecule has 138 valence electrons. The summed E-state index contributed by atoms with van der Waals surface area (Å²) < 4.78 is 50.2. The molecule has 0 bridgehead atoms. The molecule has 0 fully saturated rings.